The van der Waals surface area contributed by atoms with Crippen LogP contribution in [-0.2, 0) is 11.7 Å². The van der Waals surface area contributed by atoms with Gasteiger partial charge >= 0.3 is 6.18 Å². The van der Waals surface area contributed by atoms with Crippen LogP contribution in [0, 0.1) is 11.6 Å². The van der Waals surface area contributed by atoms with Crippen molar-refractivity contribution >= 4 is 5.96 Å². The van der Waals surface area contributed by atoms with Gasteiger partial charge in [-0.3, -0.25) is 0 Å². The number of rotatable bonds is 2. The summed E-state index contributed by atoms with van der Waals surface area (Å²) in [6.45, 7) is 5.44. The topological polar surface area (TPSA) is 41.6 Å². The Balaban J connectivity index is 2.23. The van der Waals surface area contributed by atoms with E-state index in [4.69, 9.17) is 5.73 Å². The van der Waals surface area contributed by atoms with Crippen molar-refractivity contribution in [1.82, 2.24) is 4.90 Å². The average molecular weight is 395 g/mol. The van der Waals surface area contributed by atoms with E-state index in [1.807, 2.05) is 0 Å². The maximum Gasteiger partial charge on any atom is 0.416 e. The fourth-order valence-electron chi connectivity index (χ4n) is 3.61. The van der Waals surface area contributed by atoms with Gasteiger partial charge in [0.05, 0.1) is 17.0 Å². The summed E-state index contributed by atoms with van der Waals surface area (Å²) in [7, 11) is 1.58. The number of hydrogen-bond acceptors (Lipinski definition) is 3. The van der Waals surface area contributed by atoms with Crippen molar-refractivity contribution in [3.63, 3.8) is 0 Å². The highest BCUT2D eigenvalue weighted by molar-refractivity contribution is 5.82. The molecular formula is C20H18F5N3. The minimum absolute atomic E-state index is 0.00156. The Bertz CT molecular complexity index is 929. The van der Waals surface area contributed by atoms with E-state index < -0.39 is 34.8 Å². The Morgan fingerprint density at radius 2 is 1.61 bits per heavy atom. The predicted molar refractivity (Wildman–Crippen MR) is 96.4 cm³/mol. The predicted octanol–water partition coefficient (Wildman–Crippen LogP) is 4.76. The second-order valence-electron chi connectivity index (χ2n) is 6.82. The van der Waals surface area contributed by atoms with Gasteiger partial charge in [0, 0.05) is 12.7 Å². The van der Waals surface area contributed by atoms with Crippen LogP contribution in [0.2, 0.25) is 0 Å². The first-order chi connectivity index (χ1) is 13.0. The lowest BCUT2D eigenvalue weighted by molar-refractivity contribution is -0.137. The van der Waals surface area contributed by atoms with Crippen molar-refractivity contribution < 1.29 is 22.0 Å². The molecule has 1 aliphatic heterocycles. The Kier molecular flexibility index (Phi) is 4.69. The molecule has 0 unspecified atom stereocenters. The Morgan fingerprint density at radius 3 is 2.11 bits per heavy atom. The minimum atomic E-state index is -4.50. The molecular weight excluding hydrogens is 377 g/mol. The molecule has 0 aliphatic carbocycles. The molecule has 2 N–H and O–H groups in total. The molecule has 1 heterocycles. The van der Waals surface area contributed by atoms with Crippen LogP contribution in [0.3, 0.4) is 0 Å². The van der Waals surface area contributed by atoms with Gasteiger partial charge in [-0.05, 0) is 36.8 Å². The number of guanidine groups is 1. The molecule has 0 radical (unpaired) electrons. The second kappa shape index (κ2) is 6.61. The minimum Gasteiger partial charge on any atom is -0.370 e. The van der Waals surface area contributed by atoms with Gasteiger partial charge in [-0.1, -0.05) is 24.8 Å². The highest BCUT2D eigenvalue weighted by Crippen LogP contribution is 2.49. The number of likely N-dealkylation sites (N-methyl/N-ethyl adjacent to an activating group) is 1. The summed E-state index contributed by atoms with van der Waals surface area (Å²) >= 11 is 0. The van der Waals surface area contributed by atoms with E-state index in [-0.39, 0.29) is 11.5 Å². The molecule has 1 aliphatic rings. The third kappa shape index (κ3) is 3.12. The van der Waals surface area contributed by atoms with Crippen molar-refractivity contribution in [3.8, 4) is 0 Å². The summed E-state index contributed by atoms with van der Waals surface area (Å²) in [5.41, 5.74) is 3.98. The normalized spacial score (nSPS) is 23.0. The van der Waals surface area contributed by atoms with Gasteiger partial charge in [-0.2, -0.15) is 13.2 Å². The monoisotopic (exact) mass is 395 g/mol. The smallest absolute Gasteiger partial charge is 0.370 e. The Labute approximate surface area is 159 Å². The number of nitrogens with zero attached hydrogens (tertiary/aromatic N) is 2. The summed E-state index contributed by atoms with van der Waals surface area (Å²) in [5, 5.41) is 0. The molecule has 0 saturated heterocycles. The maximum absolute atomic E-state index is 14.6. The van der Waals surface area contributed by atoms with Gasteiger partial charge in [0.1, 0.15) is 17.2 Å². The van der Waals surface area contributed by atoms with Crippen LogP contribution in [-0.4, -0.2) is 17.9 Å². The van der Waals surface area contributed by atoms with E-state index in [1.54, 1.807) is 7.05 Å². The lowest BCUT2D eigenvalue weighted by atomic mass is 9.73. The molecule has 3 nitrogen and oxygen atoms in total. The van der Waals surface area contributed by atoms with Crippen molar-refractivity contribution in [2.75, 3.05) is 7.05 Å². The van der Waals surface area contributed by atoms with Crippen LogP contribution in [0.5, 0.6) is 0 Å². The summed E-state index contributed by atoms with van der Waals surface area (Å²) < 4.78 is 67.9. The number of aliphatic imine (C=N–C) groups is 1. The number of hydrogen-bond donors (Lipinski definition) is 1. The molecule has 28 heavy (non-hydrogen) atoms. The van der Waals surface area contributed by atoms with Crippen LogP contribution < -0.4 is 5.73 Å². The van der Waals surface area contributed by atoms with E-state index in [1.165, 1.54) is 30.0 Å². The molecule has 0 aromatic heterocycles. The van der Waals surface area contributed by atoms with Crippen LogP contribution in [0.25, 0.3) is 0 Å². The lowest BCUT2D eigenvalue weighted by Gasteiger charge is -2.44. The highest BCUT2D eigenvalue weighted by atomic mass is 19.4. The SMILES string of the molecule is C=C1[C@@H](c2ccc(C(F)(F)F)cc2)[C@@](C)(c2c(F)cccc2F)N=C(N)N1C. The number of alkyl halides is 3. The molecule has 2 aromatic carbocycles. The van der Waals surface area contributed by atoms with Crippen LogP contribution in [0.1, 0.15) is 29.5 Å². The maximum atomic E-state index is 14.6. The number of benzene rings is 2. The van der Waals surface area contributed by atoms with Gasteiger partial charge in [-0.15, -0.1) is 0 Å². The summed E-state index contributed by atoms with van der Waals surface area (Å²) in [6.07, 6.45) is -4.50. The lowest BCUT2D eigenvalue weighted by Crippen LogP contribution is -2.47. The van der Waals surface area contributed by atoms with Gasteiger partial charge in [-0.25, -0.2) is 13.8 Å². The van der Waals surface area contributed by atoms with E-state index in [9.17, 15) is 22.0 Å². The molecule has 8 heteroatoms. The third-order valence-electron chi connectivity index (χ3n) is 5.06. The Morgan fingerprint density at radius 1 is 1.07 bits per heavy atom. The summed E-state index contributed by atoms with van der Waals surface area (Å²) in [5.74, 6) is -2.49. The molecule has 0 saturated carbocycles. The van der Waals surface area contributed by atoms with Crippen molar-refractivity contribution in [1.29, 1.82) is 0 Å². The van der Waals surface area contributed by atoms with Gasteiger partial charge < -0.3 is 10.6 Å². The standard InChI is InChI=1S/C20H18F5N3/c1-11-16(12-7-9-13(10-8-12)20(23,24)25)19(2,27-18(26)28(11)3)17-14(21)5-4-6-15(17)22/h4-10,16H,1H2,2-3H3,(H2,26,27)/t16-,19-/m0/s1. The molecule has 2 aromatic rings. The van der Waals surface area contributed by atoms with E-state index >= 15 is 0 Å². The zero-order valence-electron chi connectivity index (χ0n) is 15.2. The van der Waals surface area contributed by atoms with E-state index in [0.717, 1.165) is 24.3 Å². The van der Waals surface area contributed by atoms with Gasteiger partial charge in [0.2, 0.25) is 0 Å². The quantitative estimate of drug-likeness (QED) is 0.746. The fourth-order valence-corrected chi connectivity index (χ4v) is 3.61. The summed E-state index contributed by atoms with van der Waals surface area (Å²) in [6, 6.07) is 7.79. The number of halogens is 5. The van der Waals surface area contributed by atoms with E-state index in [2.05, 4.69) is 11.6 Å². The Hall–Kier alpha value is -2.90. The van der Waals surface area contributed by atoms with Crippen LogP contribution in [0.15, 0.2) is 59.7 Å². The van der Waals surface area contributed by atoms with Gasteiger partial charge in [0.15, 0.2) is 5.96 Å². The second-order valence-corrected chi connectivity index (χ2v) is 6.82. The first-order valence-corrected chi connectivity index (χ1v) is 8.36. The molecule has 0 bridgehead atoms. The van der Waals surface area contributed by atoms with Crippen LogP contribution in [0.4, 0.5) is 22.0 Å². The van der Waals surface area contributed by atoms with Crippen molar-refractivity contribution in [2.45, 2.75) is 24.6 Å². The van der Waals surface area contributed by atoms with Crippen molar-refractivity contribution in [2.24, 2.45) is 10.7 Å². The molecule has 2 atom stereocenters. The average Bonchev–Trinajstić information content (AvgIpc) is 2.59. The largest absolute Gasteiger partial charge is 0.416 e. The molecule has 0 fully saturated rings. The first-order valence-electron chi connectivity index (χ1n) is 8.36. The summed E-state index contributed by atoms with van der Waals surface area (Å²) in [4.78, 5) is 5.77. The molecule has 3 rings (SSSR count). The molecule has 148 valence electrons. The zero-order valence-corrected chi connectivity index (χ0v) is 15.2. The zero-order chi connectivity index (χ0) is 20.9. The number of nitrogens with two attached hydrogens (primary N) is 1. The fraction of sp³-hybridized carbons (Fsp3) is 0.250. The van der Waals surface area contributed by atoms with E-state index in [0.29, 0.717) is 11.3 Å². The van der Waals surface area contributed by atoms with Gasteiger partial charge in [0.25, 0.3) is 0 Å². The third-order valence-corrected chi connectivity index (χ3v) is 5.06. The van der Waals surface area contributed by atoms with Crippen LogP contribution >= 0.6 is 0 Å². The first kappa shape index (κ1) is 19.9. The highest BCUT2D eigenvalue weighted by Gasteiger charge is 2.47. The van der Waals surface area contributed by atoms with Crippen molar-refractivity contribution in [3.05, 3.63) is 83.1 Å². The molecule has 0 spiro atoms. The molecule has 0 amide bonds.